The molecule has 0 saturated carbocycles. The van der Waals surface area contributed by atoms with Crippen molar-refractivity contribution >= 4 is 16.9 Å². The van der Waals surface area contributed by atoms with E-state index in [1.54, 1.807) is 4.68 Å². The average molecular weight is 353 g/mol. The van der Waals surface area contributed by atoms with E-state index < -0.39 is 0 Å². The fraction of sp³-hybridized carbons (Fsp3) is 0.368. The average Bonchev–Trinajstić information content (AvgIpc) is 3.05. The summed E-state index contributed by atoms with van der Waals surface area (Å²) < 4.78 is 2.77. The second kappa shape index (κ2) is 7.11. The molecule has 0 fully saturated rings. The molecule has 0 unspecified atom stereocenters. The highest BCUT2D eigenvalue weighted by molar-refractivity contribution is 5.86. The number of benzene rings is 1. The SMILES string of the molecule is CCC(CC)C(=O)Nn1cnc2c(cnn2-c2ccc(C)c(C)c2)c1=O. The van der Waals surface area contributed by atoms with Crippen LogP contribution in [0.25, 0.3) is 16.7 Å². The molecule has 0 spiro atoms. The van der Waals surface area contributed by atoms with Crippen molar-refractivity contribution in [1.82, 2.24) is 19.4 Å². The van der Waals surface area contributed by atoms with E-state index in [1.807, 2.05) is 45.9 Å². The molecule has 1 N–H and O–H groups in total. The van der Waals surface area contributed by atoms with Crippen LogP contribution in [0.3, 0.4) is 0 Å². The number of aromatic nitrogens is 4. The number of carbonyl (C=O) groups excluding carboxylic acids is 1. The summed E-state index contributed by atoms with van der Waals surface area (Å²) in [4.78, 5) is 29.3. The lowest BCUT2D eigenvalue weighted by molar-refractivity contribution is -0.121. The van der Waals surface area contributed by atoms with Crippen LogP contribution in [0.15, 0.2) is 35.5 Å². The van der Waals surface area contributed by atoms with Crippen LogP contribution in [-0.4, -0.2) is 25.3 Å². The number of fused-ring (bicyclic) bond motifs is 1. The van der Waals surface area contributed by atoms with Crippen molar-refractivity contribution < 1.29 is 4.79 Å². The molecular formula is C19H23N5O2. The van der Waals surface area contributed by atoms with E-state index in [-0.39, 0.29) is 17.4 Å². The minimum Gasteiger partial charge on any atom is -0.273 e. The second-order valence-electron chi connectivity index (χ2n) is 6.47. The molecule has 3 aromatic rings. The molecule has 0 atom stereocenters. The summed E-state index contributed by atoms with van der Waals surface area (Å²) in [6, 6.07) is 5.95. The van der Waals surface area contributed by atoms with Gasteiger partial charge in [0.25, 0.3) is 5.56 Å². The van der Waals surface area contributed by atoms with E-state index in [2.05, 4.69) is 15.5 Å². The van der Waals surface area contributed by atoms with Crippen molar-refractivity contribution in [3.05, 3.63) is 52.2 Å². The molecule has 0 saturated heterocycles. The van der Waals surface area contributed by atoms with Gasteiger partial charge in [-0.25, -0.2) is 14.3 Å². The van der Waals surface area contributed by atoms with Crippen LogP contribution < -0.4 is 11.0 Å². The van der Waals surface area contributed by atoms with Crippen molar-refractivity contribution in [3.8, 4) is 5.69 Å². The molecule has 1 aromatic carbocycles. The summed E-state index contributed by atoms with van der Waals surface area (Å²) in [5, 5.41) is 4.67. The third-order valence-electron chi connectivity index (χ3n) is 4.81. The van der Waals surface area contributed by atoms with Gasteiger partial charge in [0, 0.05) is 5.92 Å². The monoisotopic (exact) mass is 353 g/mol. The highest BCUT2D eigenvalue weighted by atomic mass is 16.2. The maximum absolute atomic E-state index is 12.7. The molecule has 26 heavy (non-hydrogen) atoms. The standard InChI is InChI=1S/C19H23N5O2/c1-5-14(6-2)18(25)22-23-11-20-17-16(19(23)26)10-21-24(17)15-8-7-12(3)13(4)9-15/h7-11,14H,5-6H2,1-4H3,(H,22,25). The van der Waals surface area contributed by atoms with Crippen molar-refractivity contribution in [2.24, 2.45) is 5.92 Å². The minimum atomic E-state index is -0.343. The van der Waals surface area contributed by atoms with E-state index in [0.29, 0.717) is 11.0 Å². The first-order chi connectivity index (χ1) is 12.5. The Morgan fingerprint density at radius 3 is 2.58 bits per heavy atom. The van der Waals surface area contributed by atoms with Crippen molar-refractivity contribution in [1.29, 1.82) is 0 Å². The van der Waals surface area contributed by atoms with Crippen molar-refractivity contribution in [3.63, 3.8) is 0 Å². The van der Waals surface area contributed by atoms with Gasteiger partial charge in [0.1, 0.15) is 11.7 Å². The predicted octanol–water partition coefficient (Wildman–Crippen LogP) is 2.71. The van der Waals surface area contributed by atoms with E-state index in [4.69, 9.17) is 0 Å². The van der Waals surface area contributed by atoms with Gasteiger partial charge < -0.3 is 0 Å². The number of aryl methyl sites for hydroxylation is 2. The van der Waals surface area contributed by atoms with Crippen LogP contribution in [0.5, 0.6) is 0 Å². The van der Waals surface area contributed by atoms with Crippen LogP contribution >= 0.6 is 0 Å². The summed E-state index contributed by atoms with van der Waals surface area (Å²) in [5.74, 6) is -0.310. The molecule has 1 amide bonds. The van der Waals surface area contributed by atoms with Crippen LogP contribution in [0.4, 0.5) is 0 Å². The summed E-state index contributed by atoms with van der Waals surface area (Å²) in [6.45, 7) is 7.97. The maximum Gasteiger partial charge on any atom is 0.283 e. The Hall–Kier alpha value is -2.96. The van der Waals surface area contributed by atoms with Gasteiger partial charge in [-0.1, -0.05) is 19.9 Å². The van der Waals surface area contributed by atoms with Crippen LogP contribution in [0, 0.1) is 19.8 Å². The molecule has 2 aromatic heterocycles. The Labute approximate surface area is 151 Å². The quantitative estimate of drug-likeness (QED) is 0.764. The normalized spacial score (nSPS) is 11.3. The van der Waals surface area contributed by atoms with Gasteiger partial charge in [0.05, 0.1) is 11.9 Å². The Morgan fingerprint density at radius 1 is 1.19 bits per heavy atom. The van der Waals surface area contributed by atoms with Gasteiger partial charge in [-0.05, 0) is 49.9 Å². The number of carbonyl (C=O) groups is 1. The first kappa shape index (κ1) is 17.8. The molecule has 0 aliphatic heterocycles. The van der Waals surface area contributed by atoms with Gasteiger partial charge in [-0.15, -0.1) is 0 Å². The van der Waals surface area contributed by atoms with Gasteiger partial charge in [0.2, 0.25) is 5.91 Å². The smallest absolute Gasteiger partial charge is 0.273 e. The third kappa shape index (κ3) is 3.12. The van der Waals surface area contributed by atoms with Gasteiger partial charge in [-0.3, -0.25) is 15.0 Å². The molecule has 3 rings (SSSR count). The van der Waals surface area contributed by atoms with Crippen molar-refractivity contribution in [2.75, 3.05) is 5.43 Å². The Bertz CT molecular complexity index is 1010. The predicted molar refractivity (Wildman–Crippen MR) is 101 cm³/mol. The molecule has 0 aliphatic rings. The number of nitrogens with one attached hydrogen (secondary N) is 1. The highest BCUT2D eigenvalue weighted by Crippen LogP contribution is 2.17. The summed E-state index contributed by atoms with van der Waals surface area (Å²) >= 11 is 0. The number of hydrogen-bond acceptors (Lipinski definition) is 4. The largest absolute Gasteiger partial charge is 0.283 e. The number of amides is 1. The number of nitrogens with zero attached hydrogens (tertiary/aromatic N) is 4. The summed E-state index contributed by atoms with van der Waals surface area (Å²) in [7, 11) is 0. The van der Waals surface area contributed by atoms with Crippen LogP contribution in [0.1, 0.15) is 37.8 Å². The minimum absolute atomic E-state index is 0.129. The molecule has 0 radical (unpaired) electrons. The van der Waals surface area contributed by atoms with Crippen molar-refractivity contribution in [2.45, 2.75) is 40.5 Å². The third-order valence-corrected chi connectivity index (χ3v) is 4.81. The zero-order chi connectivity index (χ0) is 18.8. The number of hydrogen-bond donors (Lipinski definition) is 1. The molecule has 136 valence electrons. The van der Waals surface area contributed by atoms with Crippen LogP contribution in [-0.2, 0) is 4.79 Å². The molecule has 0 bridgehead atoms. The van der Waals surface area contributed by atoms with Gasteiger partial charge >= 0.3 is 0 Å². The van der Waals surface area contributed by atoms with E-state index in [1.165, 1.54) is 18.1 Å². The molecular weight excluding hydrogens is 330 g/mol. The fourth-order valence-corrected chi connectivity index (χ4v) is 2.91. The molecule has 7 heteroatoms. The van der Waals surface area contributed by atoms with E-state index in [0.717, 1.165) is 28.8 Å². The van der Waals surface area contributed by atoms with Gasteiger partial charge in [-0.2, -0.15) is 5.10 Å². The van der Waals surface area contributed by atoms with Gasteiger partial charge in [0.15, 0.2) is 5.65 Å². The first-order valence-corrected chi connectivity index (χ1v) is 8.80. The summed E-state index contributed by atoms with van der Waals surface area (Å²) in [5.41, 5.74) is 5.92. The fourth-order valence-electron chi connectivity index (χ4n) is 2.91. The lowest BCUT2D eigenvalue weighted by Crippen LogP contribution is -2.36. The van der Waals surface area contributed by atoms with E-state index >= 15 is 0 Å². The number of rotatable bonds is 5. The van der Waals surface area contributed by atoms with E-state index in [9.17, 15) is 9.59 Å². The lowest BCUT2D eigenvalue weighted by atomic mass is 10.0. The maximum atomic E-state index is 12.7. The zero-order valence-corrected chi connectivity index (χ0v) is 15.5. The lowest BCUT2D eigenvalue weighted by Gasteiger charge is -2.13. The Kier molecular flexibility index (Phi) is 4.88. The first-order valence-electron chi connectivity index (χ1n) is 8.80. The topological polar surface area (TPSA) is 81.8 Å². The second-order valence-corrected chi connectivity index (χ2v) is 6.47. The summed E-state index contributed by atoms with van der Waals surface area (Å²) in [6.07, 6.45) is 4.26. The Balaban J connectivity index is 2.00. The molecule has 2 heterocycles. The zero-order valence-electron chi connectivity index (χ0n) is 15.5. The Morgan fingerprint density at radius 2 is 1.92 bits per heavy atom. The molecule has 0 aliphatic carbocycles. The van der Waals surface area contributed by atoms with Crippen LogP contribution in [0.2, 0.25) is 0 Å². The highest BCUT2D eigenvalue weighted by Gasteiger charge is 2.17. The molecule has 7 nitrogen and oxygen atoms in total.